The largest absolute Gasteiger partial charge is 0.189 e. The van der Waals surface area contributed by atoms with E-state index >= 15 is 0 Å². The summed E-state index contributed by atoms with van der Waals surface area (Å²) in [5.41, 5.74) is 0. The summed E-state index contributed by atoms with van der Waals surface area (Å²) < 4.78 is -15.8. The van der Waals surface area contributed by atoms with Crippen LogP contribution in [-0.2, 0) is 0 Å². The molecule has 0 atom stereocenters. The van der Waals surface area contributed by atoms with Gasteiger partial charge >= 0.3 is 0 Å². The highest BCUT2D eigenvalue weighted by Crippen LogP contribution is 2.69. The Morgan fingerprint density at radius 3 is 0.625 bits per heavy atom. The van der Waals surface area contributed by atoms with Gasteiger partial charge in [0.15, 0.2) is 26.0 Å². The van der Waals surface area contributed by atoms with Gasteiger partial charge in [-0.3, -0.25) is 0 Å². The van der Waals surface area contributed by atoms with Crippen molar-refractivity contribution in [3.63, 3.8) is 0 Å². The third-order valence-corrected chi connectivity index (χ3v) is 13.3. The van der Waals surface area contributed by atoms with E-state index in [4.69, 9.17) is 186 Å². The molecule has 0 aliphatic rings. The molecule has 0 bridgehead atoms. The van der Waals surface area contributed by atoms with Crippen LogP contribution in [0.4, 0.5) is 0 Å². The highest BCUT2D eigenvalue weighted by atomic mass is 35.6. The molecule has 0 N–H and O–H groups in total. The lowest BCUT2D eigenvalue weighted by molar-refractivity contribution is 0.481. The monoisotopic (exact) mass is 658 g/mol. The predicted molar refractivity (Wildman–Crippen MR) is 118 cm³/mol. The molecule has 146 valence electrons. The van der Waals surface area contributed by atoms with Crippen LogP contribution in [0, 0.1) is 0 Å². The Kier molecular flexibility index (Phi) is 10.8. The van der Waals surface area contributed by atoms with E-state index in [1.165, 1.54) is 0 Å². The van der Waals surface area contributed by atoms with Crippen molar-refractivity contribution in [2.45, 2.75) is 35.7 Å². The third kappa shape index (κ3) is 4.61. The summed E-state index contributed by atoms with van der Waals surface area (Å²) >= 11 is 95.0. The molecule has 0 nitrogen and oxygen atoms in total. The predicted octanol–water partition coefficient (Wildman–Crippen LogP) is 9.64. The quantitative estimate of drug-likeness (QED) is 0.238. The van der Waals surface area contributed by atoms with Gasteiger partial charge in [-0.1, -0.05) is 139 Å². The molecule has 24 heavy (non-hydrogen) atoms. The summed E-state index contributed by atoms with van der Waals surface area (Å²) in [6.45, 7) is 0. The third-order valence-electron chi connectivity index (χ3n) is 2.57. The number of alkyl halides is 16. The molecule has 0 fully saturated rings. The highest BCUT2D eigenvalue weighted by molar-refractivity contribution is 6.80. The number of halogens is 16. The van der Waals surface area contributed by atoms with E-state index in [1.807, 2.05) is 0 Å². The average Bonchev–Trinajstić information content (AvgIpc) is 2.36. The summed E-state index contributed by atoms with van der Waals surface area (Å²) in [6.07, 6.45) is 0. The Hall–Kier alpha value is 4.64. The maximum Gasteiger partial charge on any atom is 0.189 e. The van der Waals surface area contributed by atoms with Crippen LogP contribution in [0.5, 0.6) is 0 Å². The maximum atomic E-state index is 6.12. The molecular weight excluding hydrogens is 663 g/mol. The molecule has 0 saturated carbocycles. The van der Waals surface area contributed by atoms with Crippen LogP contribution in [0.15, 0.2) is 0 Å². The topological polar surface area (TPSA) is 0 Å². The Morgan fingerprint density at radius 2 is 0.500 bits per heavy atom. The van der Waals surface area contributed by atoms with Gasteiger partial charge in [0.25, 0.3) is 0 Å². The molecule has 0 aliphatic heterocycles. The van der Waals surface area contributed by atoms with Gasteiger partial charge in [0.1, 0.15) is 9.67 Å². The number of hydrogen-bond acceptors (Lipinski definition) is 0. The van der Waals surface area contributed by atoms with Crippen molar-refractivity contribution in [1.82, 2.24) is 0 Å². The van der Waals surface area contributed by atoms with Crippen molar-refractivity contribution in [2.75, 3.05) is 0 Å². The van der Waals surface area contributed by atoms with Crippen LogP contribution in [0.2, 0.25) is 0 Å². The smallest absolute Gasteiger partial charge is 0.102 e. The Balaban J connectivity index is 6.38. The van der Waals surface area contributed by atoms with Crippen LogP contribution < -0.4 is 0 Å². The maximum absolute atomic E-state index is 6.12. The van der Waals surface area contributed by atoms with Crippen LogP contribution >= 0.6 is 186 Å². The normalized spacial score (nSPS) is 16.2. The SMILES string of the molecule is ClC(Cl)C(Cl)(Cl)C(Cl)(Cl)C(Cl)(Cl)C(Cl)(Cl)C(Cl)(Cl)C(Cl)(Cl)C(Cl)Cl. The lowest BCUT2D eigenvalue weighted by Gasteiger charge is -2.52. The average molecular weight is 665 g/mol. The second kappa shape index (κ2) is 9.02. The Bertz CT molecular complexity index is 405. The fourth-order valence-corrected chi connectivity index (χ4v) is 5.70. The van der Waals surface area contributed by atoms with Gasteiger partial charge in [-0.05, 0) is 0 Å². The fourth-order valence-electron chi connectivity index (χ4n) is 1.09. The van der Waals surface area contributed by atoms with E-state index in [0.717, 1.165) is 0 Å². The minimum absolute atomic E-state index is 1.62. The molecule has 0 spiro atoms. The van der Waals surface area contributed by atoms with E-state index in [0.29, 0.717) is 0 Å². The first-order valence-corrected chi connectivity index (χ1v) is 11.2. The molecule has 0 aromatic carbocycles. The minimum Gasteiger partial charge on any atom is -0.102 e. The van der Waals surface area contributed by atoms with Crippen molar-refractivity contribution in [3.05, 3.63) is 0 Å². The second-order valence-corrected chi connectivity index (χ2v) is 14.4. The first kappa shape index (κ1) is 28.6. The zero-order chi connectivity index (χ0) is 20.2. The first-order valence-electron chi connectivity index (χ1n) is 4.97. The molecule has 0 rings (SSSR count). The molecule has 0 saturated heterocycles. The molecule has 0 amide bonds. The molecule has 0 aromatic rings. The van der Waals surface area contributed by atoms with E-state index in [-0.39, 0.29) is 0 Å². The molecule has 0 radical (unpaired) electrons. The molecule has 0 unspecified atom stereocenters. The van der Waals surface area contributed by atoms with Crippen LogP contribution in [-0.4, -0.2) is 35.7 Å². The van der Waals surface area contributed by atoms with E-state index in [2.05, 4.69) is 0 Å². The lowest BCUT2D eigenvalue weighted by Crippen LogP contribution is -2.68. The highest BCUT2D eigenvalue weighted by Gasteiger charge is 2.78. The van der Waals surface area contributed by atoms with E-state index in [9.17, 15) is 0 Å². The van der Waals surface area contributed by atoms with Crippen LogP contribution in [0.1, 0.15) is 0 Å². The summed E-state index contributed by atoms with van der Waals surface area (Å²) in [4.78, 5) is -3.25. The summed E-state index contributed by atoms with van der Waals surface area (Å²) in [7, 11) is 0. The van der Waals surface area contributed by atoms with Crippen molar-refractivity contribution in [3.8, 4) is 0 Å². The van der Waals surface area contributed by atoms with Gasteiger partial charge in [0.05, 0.1) is 0 Å². The zero-order valence-corrected chi connectivity index (χ0v) is 22.3. The van der Waals surface area contributed by atoms with Gasteiger partial charge < -0.3 is 0 Å². The number of hydrogen-bond donors (Lipinski definition) is 0. The molecule has 0 aliphatic carbocycles. The van der Waals surface area contributed by atoms with Crippen molar-refractivity contribution in [2.24, 2.45) is 0 Å². The van der Waals surface area contributed by atoms with Crippen LogP contribution in [0.3, 0.4) is 0 Å². The zero-order valence-electron chi connectivity index (χ0n) is 10.2. The van der Waals surface area contributed by atoms with Crippen LogP contribution in [0.25, 0.3) is 0 Å². The molecule has 0 heterocycles. The van der Waals surface area contributed by atoms with Crippen molar-refractivity contribution >= 4 is 186 Å². The molecular formula is C8H2Cl16. The summed E-state index contributed by atoms with van der Waals surface area (Å²) in [5, 5.41) is 0. The van der Waals surface area contributed by atoms with Gasteiger partial charge in [-0.25, -0.2) is 0 Å². The lowest BCUT2D eigenvalue weighted by atomic mass is 10.1. The standard InChI is InChI=1S/C8H2Cl16/c9-1(10)3(13,14)5(17,18)7(21,22)8(23,24)6(19,20)4(15,16)2(11)12/h1-2H. The van der Waals surface area contributed by atoms with Crippen molar-refractivity contribution in [1.29, 1.82) is 0 Å². The van der Waals surface area contributed by atoms with E-state index < -0.39 is 35.7 Å². The number of rotatable bonds is 7. The van der Waals surface area contributed by atoms with Gasteiger partial charge in [-0.15, -0.1) is 46.4 Å². The van der Waals surface area contributed by atoms with E-state index in [1.54, 1.807) is 0 Å². The molecule has 0 aromatic heterocycles. The Morgan fingerprint density at radius 1 is 0.333 bits per heavy atom. The van der Waals surface area contributed by atoms with Gasteiger partial charge in [0, 0.05) is 0 Å². The summed E-state index contributed by atoms with van der Waals surface area (Å²) in [6, 6.07) is 0. The summed E-state index contributed by atoms with van der Waals surface area (Å²) in [5.74, 6) is 0. The fraction of sp³-hybridized carbons (Fsp3) is 1.00. The molecule has 16 heteroatoms. The first-order chi connectivity index (χ1) is 10.1. The van der Waals surface area contributed by atoms with Gasteiger partial charge in [-0.2, -0.15) is 0 Å². The van der Waals surface area contributed by atoms with Crippen molar-refractivity contribution < 1.29 is 0 Å². The Labute approximate surface area is 218 Å². The minimum atomic E-state index is -2.79. The second-order valence-electron chi connectivity index (χ2n) is 4.14. The van der Waals surface area contributed by atoms with Gasteiger partial charge in [0.2, 0.25) is 0 Å².